The summed E-state index contributed by atoms with van der Waals surface area (Å²) in [6.07, 6.45) is 5.48. The van der Waals surface area contributed by atoms with Gasteiger partial charge in [0.15, 0.2) is 0 Å². The molecule has 0 amide bonds. The van der Waals surface area contributed by atoms with Gasteiger partial charge < -0.3 is 5.32 Å². The maximum Gasteiger partial charge on any atom is 0.279 e. The van der Waals surface area contributed by atoms with Crippen LogP contribution in [0.1, 0.15) is 39.0 Å². The van der Waals surface area contributed by atoms with Gasteiger partial charge in [0.25, 0.3) is 10.2 Å². The highest BCUT2D eigenvalue weighted by atomic mass is 32.2. The second-order valence-electron chi connectivity index (χ2n) is 6.26. The largest absolute Gasteiger partial charge is 0.318 e. The van der Waals surface area contributed by atoms with Gasteiger partial charge in [-0.2, -0.15) is 12.7 Å². The Balaban J connectivity index is 1.89. The maximum atomic E-state index is 12.6. The van der Waals surface area contributed by atoms with E-state index in [1.54, 1.807) is 4.31 Å². The summed E-state index contributed by atoms with van der Waals surface area (Å²) in [5.74, 6) is 0. The smallest absolute Gasteiger partial charge is 0.279 e. The Morgan fingerprint density at radius 1 is 1.14 bits per heavy atom. The molecule has 2 atom stereocenters. The van der Waals surface area contributed by atoms with Gasteiger partial charge in [-0.05, 0) is 52.7 Å². The van der Waals surface area contributed by atoms with Gasteiger partial charge in [-0.3, -0.25) is 4.90 Å². The predicted molar refractivity (Wildman–Crippen MR) is 85.5 cm³/mol. The molecule has 0 spiro atoms. The van der Waals surface area contributed by atoms with Crippen molar-refractivity contribution in [1.29, 1.82) is 0 Å². The lowest BCUT2D eigenvalue weighted by Gasteiger charge is -2.35. The minimum atomic E-state index is -3.36. The van der Waals surface area contributed by atoms with E-state index in [2.05, 4.69) is 21.9 Å². The lowest BCUT2D eigenvalue weighted by Crippen LogP contribution is -2.53. The van der Waals surface area contributed by atoms with Crippen LogP contribution in [-0.4, -0.2) is 69.5 Å². The fourth-order valence-corrected chi connectivity index (χ4v) is 4.91. The fraction of sp³-hybridized carbons (Fsp3) is 1.00. The highest BCUT2D eigenvalue weighted by Gasteiger charge is 2.32. The highest BCUT2D eigenvalue weighted by Crippen LogP contribution is 2.19. The summed E-state index contributed by atoms with van der Waals surface area (Å²) in [6, 6.07) is 0.359. The molecule has 124 valence electrons. The van der Waals surface area contributed by atoms with E-state index < -0.39 is 10.2 Å². The summed E-state index contributed by atoms with van der Waals surface area (Å²) in [7, 11) is -1.49. The van der Waals surface area contributed by atoms with Crippen molar-refractivity contribution in [1.82, 2.24) is 19.2 Å². The Morgan fingerprint density at radius 2 is 1.81 bits per heavy atom. The van der Waals surface area contributed by atoms with Crippen LogP contribution < -0.4 is 10.0 Å². The van der Waals surface area contributed by atoms with E-state index in [-0.39, 0.29) is 12.1 Å². The molecule has 0 aromatic carbocycles. The van der Waals surface area contributed by atoms with E-state index in [1.165, 1.54) is 12.8 Å². The van der Waals surface area contributed by atoms with Crippen molar-refractivity contribution < 1.29 is 8.42 Å². The van der Waals surface area contributed by atoms with Gasteiger partial charge in [0.05, 0.1) is 0 Å². The summed E-state index contributed by atoms with van der Waals surface area (Å²) in [5.41, 5.74) is 0. The van der Waals surface area contributed by atoms with E-state index >= 15 is 0 Å². The average Bonchev–Trinajstić information content (AvgIpc) is 3.00. The van der Waals surface area contributed by atoms with Crippen LogP contribution in [0.15, 0.2) is 0 Å². The lowest BCUT2D eigenvalue weighted by atomic mass is 10.1. The zero-order valence-electron chi connectivity index (χ0n) is 13.3. The fourth-order valence-electron chi connectivity index (χ4n) is 3.35. The third-order valence-electron chi connectivity index (χ3n) is 4.65. The molecule has 2 aliphatic rings. The molecule has 0 aliphatic carbocycles. The minimum absolute atomic E-state index is 0.0864. The van der Waals surface area contributed by atoms with E-state index in [0.717, 1.165) is 38.9 Å². The van der Waals surface area contributed by atoms with E-state index in [0.29, 0.717) is 13.1 Å². The summed E-state index contributed by atoms with van der Waals surface area (Å²) >= 11 is 0. The molecule has 2 N–H and O–H groups in total. The summed E-state index contributed by atoms with van der Waals surface area (Å²) in [6.45, 7) is 6.16. The number of likely N-dealkylation sites (N-methyl/N-ethyl adjacent to an activating group) is 1. The van der Waals surface area contributed by atoms with Crippen molar-refractivity contribution >= 4 is 10.2 Å². The van der Waals surface area contributed by atoms with Gasteiger partial charge in [-0.15, -0.1) is 0 Å². The first-order valence-corrected chi connectivity index (χ1v) is 9.63. The first-order valence-electron chi connectivity index (χ1n) is 8.19. The Labute approximate surface area is 129 Å². The lowest BCUT2D eigenvalue weighted by molar-refractivity contribution is 0.237. The molecule has 6 nitrogen and oxygen atoms in total. The van der Waals surface area contributed by atoms with Crippen molar-refractivity contribution in [2.45, 2.75) is 51.1 Å². The Morgan fingerprint density at radius 3 is 2.48 bits per heavy atom. The molecule has 0 radical (unpaired) electrons. The average molecular weight is 318 g/mol. The number of nitrogens with zero attached hydrogens (tertiary/aromatic N) is 2. The molecule has 0 saturated carbocycles. The number of rotatable bonds is 7. The van der Waals surface area contributed by atoms with Gasteiger partial charge in [-0.1, -0.05) is 6.42 Å². The monoisotopic (exact) mass is 318 g/mol. The summed E-state index contributed by atoms with van der Waals surface area (Å²) in [4.78, 5) is 2.36. The second kappa shape index (κ2) is 7.87. The standard InChI is InChI=1S/C14H30N4O2S/c1-13(17-8-5-6-9-17)11-16-21(19,20)18-10-4-3-7-14(18)12-15-2/h13-16H,3-12H2,1-2H3. The van der Waals surface area contributed by atoms with Crippen LogP contribution in [0.4, 0.5) is 0 Å². The van der Waals surface area contributed by atoms with Gasteiger partial charge in [0.2, 0.25) is 0 Å². The summed E-state index contributed by atoms with van der Waals surface area (Å²) in [5, 5.41) is 3.11. The quantitative estimate of drug-likeness (QED) is 0.712. The molecule has 0 bridgehead atoms. The third kappa shape index (κ3) is 4.63. The highest BCUT2D eigenvalue weighted by molar-refractivity contribution is 7.87. The van der Waals surface area contributed by atoms with Gasteiger partial charge in [0.1, 0.15) is 0 Å². The molecule has 2 saturated heterocycles. The number of hydrogen-bond donors (Lipinski definition) is 2. The van der Waals surface area contributed by atoms with E-state index in [9.17, 15) is 8.42 Å². The van der Waals surface area contributed by atoms with E-state index in [4.69, 9.17) is 0 Å². The third-order valence-corrected chi connectivity index (χ3v) is 6.28. The van der Waals surface area contributed by atoms with Crippen LogP contribution in [0.5, 0.6) is 0 Å². The van der Waals surface area contributed by atoms with Crippen LogP contribution in [0.3, 0.4) is 0 Å². The Hall–Kier alpha value is -0.210. The van der Waals surface area contributed by atoms with Crippen molar-refractivity contribution in [2.75, 3.05) is 39.8 Å². The first-order chi connectivity index (χ1) is 10.0. The molecule has 2 unspecified atom stereocenters. The normalized spacial score (nSPS) is 27.0. The zero-order valence-corrected chi connectivity index (χ0v) is 14.2. The van der Waals surface area contributed by atoms with Gasteiger partial charge >= 0.3 is 0 Å². The molecular formula is C14H30N4O2S. The number of piperidine rings is 1. The molecular weight excluding hydrogens is 288 g/mol. The molecule has 2 fully saturated rings. The van der Waals surface area contributed by atoms with Crippen LogP contribution in [-0.2, 0) is 10.2 Å². The van der Waals surface area contributed by atoms with Crippen molar-refractivity contribution in [3.63, 3.8) is 0 Å². The molecule has 0 aromatic rings. The number of nitrogens with one attached hydrogen (secondary N) is 2. The predicted octanol–water partition coefficient (Wildman–Crippen LogP) is 0.379. The Kier molecular flexibility index (Phi) is 6.43. The minimum Gasteiger partial charge on any atom is -0.318 e. The van der Waals surface area contributed by atoms with Crippen molar-refractivity contribution in [2.24, 2.45) is 0 Å². The number of likely N-dealkylation sites (tertiary alicyclic amines) is 1. The zero-order chi connectivity index (χ0) is 15.3. The van der Waals surface area contributed by atoms with Gasteiger partial charge in [-0.25, -0.2) is 4.72 Å². The SMILES string of the molecule is CNCC1CCCCN1S(=O)(=O)NCC(C)N1CCCC1. The molecule has 2 heterocycles. The van der Waals surface area contributed by atoms with Crippen LogP contribution in [0, 0.1) is 0 Å². The molecule has 7 heteroatoms. The van der Waals surface area contributed by atoms with Crippen molar-refractivity contribution in [3.8, 4) is 0 Å². The topological polar surface area (TPSA) is 64.7 Å². The molecule has 2 rings (SSSR count). The first kappa shape index (κ1) is 17.1. The second-order valence-corrected chi connectivity index (χ2v) is 7.97. The molecule has 21 heavy (non-hydrogen) atoms. The van der Waals surface area contributed by atoms with Crippen LogP contribution in [0.2, 0.25) is 0 Å². The van der Waals surface area contributed by atoms with E-state index in [1.807, 2.05) is 7.05 Å². The van der Waals surface area contributed by atoms with Gasteiger partial charge in [0, 0.05) is 31.7 Å². The maximum absolute atomic E-state index is 12.6. The molecule has 0 aromatic heterocycles. The Bertz CT molecular complexity index is 407. The summed E-state index contributed by atoms with van der Waals surface area (Å²) < 4.78 is 29.6. The van der Waals surface area contributed by atoms with Crippen LogP contribution >= 0.6 is 0 Å². The number of hydrogen-bond acceptors (Lipinski definition) is 4. The molecule has 2 aliphatic heterocycles. The van der Waals surface area contributed by atoms with Crippen molar-refractivity contribution in [3.05, 3.63) is 0 Å². The van der Waals surface area contributed by atoms with Crippen LogP contribution in [0.25, 0.3) is 0 Å².